The number of amides is 1. The van der Waals surface area contributed by atoms with Crippen molar-refractivity contribution in [2.24, 2.45) is 5.92 Å². The number of aliphatic carboxylic acids is 1. The number of carbonyl (C=O) groups excluding carboxylic acids is 1. The summed E-state index contributed by atoms with van der Waals surface area (Å²) in [5, 5.41) is 16.4. The number of carboxylic acids is 1. The van der Waals surface area contributed by atoms with Crippen LogP contribution in [0.3, 0.4) is 0 Å². The normalized spacial score (nSPS) is 14.3. The van der Waals surface area contributed by atoms with Crippen molar-refractivity contribution >= 4 is 17.6 Å². The topological polar surface area (TPSA) is 114 Å². The summed E-state index contributed by atoms with van der Waals surface area (Å²) >= 11 is 0. The highest BCUT2D eigenvalue weighted by molar-refractivity contribution is 5.96. The van der Waals surface area contributed by atoms with Crippen molar-refractivity contribution in [3.8, 4) is 11.5 Å². The van der Waals surface area contributed by atoms with Gasteiger partial charge in [0.25, 0.3) is 0 Å². The molecular weight excluding hydrogens is 494 g/mol. The molecule has 4 aromatic rings. The largest absolute Gasteiger partial charge is 0.481 e. The third-order valence-electron chi connectivity index (χ3n) is 7.27. The lowest BCUT2D eigenvalue weighted by molar-refractivity contribution is -0.137. The smallest absolute Gasteiger partial charge is 0.437 e. The molecule has 0 bridgehead atoms. The van der Waals surface area contributed by atoms with Gasteiger partial charge in [-0.05, 0) is 66.1 Å². The molecule has 2 N–H and O–H groups in total. The highest BCUT2D eigenvalue weighted by Crippen LogP contribution is 2.38. The van der Waals surface area contributed by atoms with Gasteiger partial charge in [0.15, 0.2) is 0 Å². The molecule has 5 rings (SSSR count). The second-order valence-corrected chi connectivity index (χ2v) is 10.0. The monoisotopic (exact) mass is 525 g/mol. The van der Waals surface area contributed by atoms with E-state index >= 15 is 0 Å². The van der Waals surface area contributed by atoms with Crippen molar-refractivity contribution in [1.82, 2.24) is 9.78 Å². The van der Waals surface area contributed by atoms with E-state index in [0.29, 0.717) is 12.1 Å². The van der Waals surface area contributed by atoms with E-state index in [-0.39, 0.29) is 36.6 Å². The van der Waals surface area contributed by atoms with Crippen LogP contribution in [0.1, 0.15) is 54.7 Å². The Morgan fingerprint density at radius 2 is 1.72 bits per heavy atom. The van der Waals surface area contributed by atoms with Crippen LogP contribution >= 0.6 is 0 Å². The van der Waals surface area contributed by atoms with E-state index in [1.807, 2.05) is 78.9 Å². The van der Waals surface area contributed by atoms with E-state index in [4.69, 9.17) is 9.52 Å². The van der Waals surface area contributed by atoms with Gasteiger partial charge in [-0.15, -0.1) is 5.10 Å². The highest BCUT2D eigenvalue weighted by atomic mass is 16.4. The fourth-order valence-corrected chi connectivity index (χ4v) is 5.31. The standard InChI is InChI=1S/C31H31N3O5/c35-27(36)18-15-21-7-6-12-26(19-21)32-29(37)28(23-8-4-5-9-23)24-16-13-22(14-17-24)20-34-31(38)39-30(33-34)25-10-2-1-3-11-25/h1-3,6-7,10-14,16-17,19,23,28H,4-5,8-9,15,18,20H2,(H,32,37)(H,35,36). The van der Waals surface area contributed by atoms with Crippen molar-refractivity contribution in [3.05, 3.63) is 106 Å². The van der Waals surface area contributed by atoms with Crippen LogP contribution in [0.5, 0.6) is 0 Å². The Labute approximate surface area is 226 Å². The molecule has 1 aliphatic carbocycles. The van der Waals surface area contributed by atoms with Crippen LogP contribution in [-0.2, 0) is 22.6 Å². The van der Waals surface area contributed by atoms with E-state index in [1.165, 1.54) is 4.68 Å². The van der Waals surface area contributed by atoms with Gasteiger partial charge in [0.2, 0.25) is 11.8 Å². The van der Waals surface area contributed by atoms with Gasteiger partial charge in [-0.1, -0.05) is 67.4 Å². The number of anilines is 1. The Morgan fingerprint density at radius 1 is 0.974 bits per heavy atom. The fourth-order valence-electron chi connectivity index (χ4n) is 5.31. The van der Waals surface area contributed by atoms with E-state index in [9.17, 15) is 14.4 Å². The molecule has 1 atom stereocenters. The molecule has 1 aromatic heterocycles. The minimum Gasteiger partial charge on any atom is -0.481 e. The van der Waals surface area contributed by atoms with Gasteiger partial charge >= 0.3 is 11.7 Å². The summed E-state index contributed by atoms with van der Waals surface area (Å²) in [6.07, 6.45) is 4.66. The van der Waals surface area contributed by atoms with Crippen LogP contribution in [0.15, 0.2) is 88.1 Å². The molecule has 1 fully saturated rings. The van der Waals surface area contributed by atoms with Crippen LogP contribution in [0.2, 0.25) is 0 Å². The number of hydrogen-bond acceptors (Lipinski definition) is 5. The quantitative estimate of drug-likeness (QED) is 0.283. The molecular formula is C31H31N3O5. The lowest BCUT2D eigenvalue weighted by Gasteiger charge is -2.23. The fraction of sp³-hybridized carbons (Fsp3) is 0.290. The molecule has 1 heterocycles. The molecule has 8 nitrogen and oxygen atoms in total. The molecule has 3 aromatic carbocycles. The lowest BCUT2D eigenvalue weighted by Crippen LogP contribution is -2.26. The molecule has 200 valence electrons. The van der Waals surface area contributed by atoms with E-state index < -0.39 is 11.7 Å². The molecule has 1 saturated carbocycles. The Kier molecular flexibility index (Phi) is 8.01. The number of rotatable bonds is 10. The Bertz CT molecular complexity index is 1480. The molecule has 8 heteroatoms. The molecule has 1 aliphatic rings. The minimum absolute atomic E-state index is 0.0441. The number of carbonyl (C=O) groups is 2. The van der Waals surface area contributed by atoms with Gasteiger partial charge in [0.1, 0.15) is 0 Å². The minimum atomic E-state index is -0.848. The second-order valence-electron chi connectivity index (χ2n) is 10.0. The molecule has 0 saturated heterocycles. The predicted molar refractivity (Wildman–Crippen MR) is 147 cm³/mol. The lowest BCUT2D eigenvalue weighted by atomic mass is 9.83. The molecule has 1 unspecified atom stereocenters. The van der Waals surface area contributed by atoms with Crippen molar-refractivity contribution < 1.29 is 19.1 Å². The maximum Gasteiger partial charge on any atom is 0.437 e. The summed E-state index contributed by atoms with van der Waals surface area (Å²) in [6, 6.07) is 24.5. The Balaban J connectivity index is 1.32. The molecule has 0 radical (unpaired) electrons. The summed E-state index contributed by atoms with van der Waals surface area (Å²) in [4.78, 5) is 36.9. The number of aromatic nitrogens is 2. The predicted octanol–water partition coefficient (Wildman–Crippen LogP) is 5.48. The summed E-state index contributed by atoms with van der Waals surface area (Å²) in [6.45, 7) is 0.263. The Morgan fingerprint density at radius 3 is 2.44 bits per heavy atom. The van der Waals surface area contributed by atoms with Crippen molar-refractivity contribution in [2.45, 2.75) is 51.0 Å². The van der Waals surface area contributed by atoms with Crippen LogP contribution < -0.4 is 11.1 Å². The van der Waals surface area contributed by atoms with Crippen LogP contribution in [0.4, 0.5) is 5.69 Å². The zero-order valence-electron chi connectivity index (χ0n) is 21.6. The van der Waals surface area contributed by atoms with Gasteiger partial charge in [0.05, 0.1) is 12.5 Å². The summed E-state index contributed by atoms with van der Waals surface area (Å²) in [5.74, 6) is -1.21. The first-order chi connectivity index (χ1) is 19.0. The number of aryl methyl sites for hydroxylation is 1. The maximum atomic E-state index is 13.6. The van der Waals surface area contributed by atoms with Crippen LogP contribution in [0.25, 0.3) is 11.5 Å². The zero-order valence-corrected chi connectivity index (χ0v) is 21.6. The number of benzene rings is 3. The SMILES string of the molecule is O=C(O)CCc1cccc(NC(=O)C(c2ccc(Cn3nc(-c4ccccc4)oc3=O)cc2)C2CCCC2)c1. The number of hydrogen-bond donors (Lipinski definition) is 2. The van der Waals surface area contributed by atoms with E-state index in [2.05, 4.69) is 10.4 Å². The summed E-state index contributed by atoms with van der Waals surface area (Å²) < 4.78 is 6.64. The molecule has 0 aliphatic heterocycles. The highest BCUT2D eigenvalue weighted by Gasteiger charge is 2.32. The summed E-state index contributed by atoms with van der Waals surface area (Å²) in [5.41, 5.74) is 4.09. The number of nitrogens with zero attached hydrogens (tertiary/aromatic N) is 2. The molecule has 0 spiro atoms. The average molecular weight is 526 g/mol. The Hall–Kier alpha value is -4.46. The zero-order chi connectivity index (χ0) is 27.2. The number of carboxylic acid groups (broad SMARTS) is 1. The van der Waals surface area contributed by atoms with Gasteiger partial charge in [0, 0.05) is 17.7 Å². The first kappa shape index (κ1) is 26.2. The van der Waals surface area contributed by atoms with Crippen molar-refractivity contribution in [1.29, 1.82) is 0 Å². The van der Waals surface area contributed by atoms with Crippen molar-refractivity contribution in [3.63, 3.8) is 0 Å². The van der Waals surface area contributed by atoms with Crippen LogP contribution in [-0.4, -0.2) is 26.8 Å². The molecule has 39 heavy (non-hydrogen) atoms. The first-order valence-corrected chi connectivity index (χ1v) is 13.3. The van der Waals surface area contributed by atoms with Gasteiger partial charge in [-0.25, -0.2) is 4.79 Å². The average Bonchev–Trinajstić information content (AvgIpc) is 3.59. The third kappa shape index (κ3) is 6.52. The van der Waals surface area contributed by atoms with Gasteiger partial charge < -0.3 is 14.8 Å². The second kappa shape index (κ2) is 11.9. The van der Waals surface area contributed by atoms with Gasteiger partial charge in [-0.2, -0.15) is 4.68 Å². The van der Waals surface area contributed by atoms with Crippen LogP contribution in [0, 0.1) is 5.92 Å². The summed E-state index contributed by atoms with van der Waals surface area (Å²) in [7, 11) is 0. The first-order valence-electron chi connectivity index (χ1n) is 13.3. The molecule has 1 amide bonds. The van der Waals surface area contributed by atoms with Crippen molar-refractivity contribution in [2.75, 3.05) is 5.32 Å². The number of nitrogens with one attached hydrogen (secondary N) is 1. The maximum absolute atomic E-state index is 13.6. The van der Waals surface area contributed by atoms with E-state index in [0.717, 1.165) is 47.9 Å². The van der Waals surface area contributed by atoms with Gasteiger partial charge in [-0.3, -0.25) is 9.59 Å². The van der Waals surface area contributed by atoms with E-state index in [1.54, 1.807) is 0 Å². The third-order valence-corrected chi connectivity index (χ3v) is 7.27.